The van der Waals surface area contributed by atoms with E-state index in [9.17, 15) is 0 Å². The number of hydrogen-bond donors (Lipinski definition) is 1. The molecule has 1 N–H and O–H groups in total. The molecule has 3 heteroatoms. The highest BCUT2D eigenvalue weighted by Gasteiger charge is 2.22. The average Bonchev–Trinajstić information content (AvgIpc) is 2.71. The Hall–Kier alpha value is -0.830. The molecular weight excluding hydrogens is 222 g/mol. The van der Waals surface area contributed by atoms with Gasteiger partial charge < -0.3 is 5.32 Å². The molecule has 0 saturated heterocycles. The smallest absolute Gasteiger partial charge is 0.0553 e. The van der Waals surface area contributed by atoms with Crippen molar-refractivity contribution < 1.29 is 0 Å². The third kappa shape index (κ3) is 4.81. The molecule has 0 saturated carbocycles. The first-order valence-corrected chi connectivity index (χ1v) is 7.23. The Morgan fingerprint density at radius 1 is 1.28 bits per heavy atom. The van der Waals surface area contributed by atoms with Crippen LogP contribution in [0.15, 0.2) is 12.3 Å². The number of nitrogens with one attached hydrogen (secondary N) is 1. The third-order valence-electron chi connectivity index (χ3n) is 3.00. The van der Waals surface area contributed by atoms with Gasteiger partial charge in [0.15, 0.2) is 0 Å². The lowest BCUT2D eigenvalue weighted by atomic mass is 9.87. The van der Waals surface area contributed by atoms with Crippen LogP contribution >= 0.6 is 0 Å². The van der Waals surface area contributed by atoms with Crippen LogP contribution in [0.3, 0.4) is 0 Å². The fourth-order valence-corrected chi connectivity index (χ4v) is 2.25. The fourth-order valence-electron chi connectivity index (χ4n) is 2.25. The van der Waals surface area contributed by atoms with E-state index in [-0.39, 0.29) is 0 Å². The van der Waals surface area contributed by atoms with Gasteiger partial charge in [-0.3, -0.25) is 4.68 Å². The first-order valence-electron chi connectivity index (χ1n) is 7.23. The number of aryl methyl sites for hydroxylation is 1. The monoisotopic (exact) mass is 251 g/mol. The van der Waals surface area contributed by atoms with Crippen LogP contribution < -0.4 is 5.32 Å². The lowest BCUT2D eigenvalue weighted by Crippen LogP contribution is -2.28. The topological polar surface area (TPSA) is 29.9 Å². The van der Waals surface area contributed by atoms with Crippen molar-refractivity contribution in [2.24, 2.45) is 5.41 Å². The van der Waals surface area contributed by atoms with Crippen LogP contribution in [0.2, 0.25) is 0 Å². The zero-order valence-electron chi connectivity index (χ0n) is 12.7. The van der Waals surface area contributed by atoms with E-state index in [0.29, 0.717) is 11.5 Å². The lowest BCUT2D eigenvalue weighted by molar-refractivity contribution is 0.300. The SMILES string of the molecule is CCCNC(CC(C)(C)C)c1ccnn1CCC. The largest absolute Gasteiger partial charge is 0.309 e. The summed E-state index contributed by atoms with van der Waals surface area (Å²) in [5.41, 5.74) is 1.66. The molecule has 104 valence electrons. The number of hydrogen-bond acceptors (Lipinski definition) is 2. The van der Waals surface area contributed by atoms with E-state index in [2.05, 4.69) is 55.8 Å². The first kappa shape index (κ1) is 15.2. The molecule has 0 bridgehead atoms. The minimum Gasteiger partial charge on any atom is -0.309 e. The van der Waals surface area contributed by atoms with E-state index in [4.69, 9.17) is 0 Å². The molecule has 18 heavy (non-hydrogen) atoms. The molecule has 0 aliphatic rings. The number of rotatable bonds is 7. The second-order valence-corrected chi connectivity index (χ2v) is 6.25. The molecule has 0 aliphatic heterocycles. The molecule has 1 unspecified atom stereocenters. The summed E-state index contributed by atoms with van der Waals surface area (Å²) in [5.74, 6) is 0. The van der Waals surface area contributed by atoms with Gasteiger partial charge in [-0.25, -0.2) is 0 Å². The lowest BCUT2D eigenvalue weighted by Gasteiger charge is -2.27. The van der Waals surface area contributed by atoms with Crippen LogP contribution in [0, 0.1) is 5.41 Å². The summed E-state index contributed by atoms with van der Waals surface area (Å²) < 4.78 is 2.15. The van der Waals surface area contributed by atoms with Gasteiger partial charge in [-0.2, -0.15) is 5.10 Å². The summed E-state index contributed by atoms with van der Waals surface area (Å²) in [6.45, 7) is 13.4. The van der Waals surface area contributed by atoms with Gasteiger partial charge >= 0.3 is 0 Å². The Balaban J connectivity index is 2.83. The van der Waals surface area contributed by atoms with Crippen molar-refractivity contribution in [1.82, 2.24) is 15.1 Å². The van der Waals surface area contributed by atoms with Gasteiger partial charge in [-0.1, -0.05) is 34.6 Å². The van der Waals surface area contributed by atoms with Crippen molar-refractivity contribution in [3.05, 3.63) is 18.0 Å². The highest BCUT2D eigenvalue weighted by Crippen LogP contribution is 2.29. The van der Waals surface area contributed by atoms with Crippen molar-refractivity contribution in [2.45, 2.75) is 66.5 Å². The minimum absolute atomic E-state index is 0.326. The van der Waals surface area contributed by atoms with Crippen LogP contribution in [-0.4, -0.2) is 16.3 Å². The van der Waals surface area contributed by atoms with Gasteiger partial charge in [-0.15, -0.1) is 0 Å². The fraction of sp³-hybridized carbons (Fsp3) is 0.800. The van der Waals surface area contributed by atoms with Gasteiger partial charge in [0.25, 0.3) is 0 Å². The van der Waals surface area contributed by atoms with E-state index in [1.54, 1.807) is 0 Å². The molecule has 1 heterocycles. The molecule has 0 amide bonds. The van der Waals surface area contributed by atoms with Gasteiger partial charge in [-0.05, 0) is 37.3 Å². The van der Waals surface area contributed by atoms with Crippen LogP contribution in [0.4, 0.5) is 0 Å². The standard InChI is InChI=1S/C15H29N3/c1-6-9-16-13(12-15(3,4)5)14-8-10-17-18(14)11-7-2/h8,10,13,16H,6-7,9,11-12H2,1-5H3. The van der Waals surface area contributed by atoms with E-state index in [0.717, 1.165) is 25.9 Å². The molecule has 1 aromatic heterocycles. The Morgan fingerprint density at radius 2 is 2.00 bits per heavy atom. The van der Waals surface area contributed by atoms with Crippen LogP contribution in [0.5, 0.6) is 0 Å². The summed E-state index contributed by atoms with van der Waals surface area (Å²) in [6, 6.07) is 2.58. The predicted molar refractivity (Wildman–Crippen MR) is 77.6 cm³/mol. The van der Waals surface area contributed by atoms with Crippen LogP contribution in [0.1, 0.15) is 65.6 Å². The molecular formula is C15H29N3. The van der Waals surface area contributed by atoms with Crippen molar-refractivity contribution in [3.63, 3.8) is 0 Å². The summed E-state index contributed by atoms with van der Waals surface area (Å²) >= 11 is 0. The maximum absolute atomic E-state index is 4.44. The summed E-state index contributed by atoms with van der Waals surface area (Å²) in [4.78, 5) is 0. The molecule has 1 atom stereocenters. The summed E-state index contributed by atoms with van der Waals surface area (Å²) in [5, 5.41) is 8.11. The zero-order chi connectivity index (χ0) is 13.6. The van der Waals surface area contributed by atoms with Gasteiger partial charge in [0.1, 0.15) is 0 Å². The van der Waals surface area contributed by atoms with E-state index < -0.39 is 0 Å². The maximum atomic E-state index is 4.44. The summed E-state index contributed by atoms with van der Waals surface area (Å²) in [7, 11) is 0. The molecule has 1 aromatic rings. The van der Waals surface area contributed by atoms with Crippen molar-refractivity contribution in [2.75, 3.05) is 6.54 Å². The number of aromatic nitrogens is 2. The van der Waals surface area contributed by atoms with Crippen molar-refractivity contribution >= 4 is 0 Å². The van der Waals surface area contributed by atoms with Gasteiger partial charge in [0, 0.05) is 18.8 Å². The molecule has 0 aliphatic carbocycles. The summed E-state index contributed by atoms with van der Waals surface area (Å²) in [6.07, 6.45) is 5.37. The zero-order valence-corrected chi connectivity index (χ0v) is 12.7. The van der Waals surface area contributed by atoms with E-state index in [1.165, 1.54) is 12.1 Å². The maximum Gasteiger partial charge on any atom is 0.0553 e. The molecule has 3 nitrogen and oxygen atoms in total. The Morgan fingerprint density at radius 3 is 2.56 bits per heavy atom. The predicted octanol–water partition coefficient (Wildman–Crippen LogP) is 3.77. The Labute approximate surface area is 112 Å². The first-order chi connectivity index (χ1) is 8.48. The Bertz CT molecular complexity index is 336. The molecule has 0 aromatic carbocycles. The second-order valence-electron chi connectivity index (χ2n) is 6.25. The van der Waals surface area contributed by atoms with Crippen LogP contribution in [-0.2, 0) is 6.54 Å². The van der Waals surface area contributed by atoms with E-state index in [1.807, 2.05) is 6.20 Å². The van der Waals surface area contributed by atoms with Crippen molar-refractivity contribution in [3.8, 4) is 0 Å². The average molecular weight is 251 g/mol. The van der Waals surface area contributed by atoms with Crippen LogP contribution in [0.25, 0.3) is 0 Å². The second kappa shape index (κ2) is 6.93. The molecule has 1 rings (SSSR count). The van der Waals surface area contributed by atoms with Gasteiger partial charge in [0.05, 0.1) is 5.69 Å². The normalized spacial score (nSPS) is 13.8. The molecule has 0 fully saturated rings. The number of nitrogens with zero attached hydrogens (tertiary/aromatic N) is 2. The quantitative estimate of drug-likeness (QED) is 0.799. The highest BCUT2D eigenvalue weighted by atomic mass is 15.3. The highest BCUT2D eigenvalue weighted by molar-refractivity contribution is 5.08. The molecule has 0 radical (unpaired) electrons. The van der Waals surface area contributed by atoms with Crippen molar-refractivity contribution in [1.29, 1.82) is 0 Å². The Kier molecular flexibility index (Phi) is 5.86. The molecule has 0 spiro atoms. The third-order valence-corrected chi connectivity index (χ3v) is 3.00. The minimum atomic E-state index is 0.326. The van der Waals surface area contributed by atoms with Gasteiger partial charge in [0.2, 0.25) is 0 Å². The van der Waals surface area contributed by atoms with E-state index >= 15 is 0 Å².